The van der Waals surface area contributed by atoms with Crippen LogP contribution in [-0.2, 0) is 11.3 Å². The van der Waals surface area contributed by atoms with Crippen LogP contribution in [0.4, 0.5) is 0 Å². The average molecular weight is 316 g/mol. The quantitative estimate of drug-likeness (QED) is 0.923. The van der Waals surface area contributed by atoms with Crippen LogP contribution in [0.2, 0.25) is 4.34 Å². The van der Waals surface area contributed by atoms with Crippen molar-refractivity contribution in [3.8, 4) is 0 Å². The molecule has 2 rings (SSSR count). The molecule has 20 heavy (non-hydrogen) atoms. The van der Waals surface area contributed by atoms with Gasteiger partial charge in [0.05, 0.1) is 17.4 Å². The van der Waals surface area contributed by atoms with Crippen molar-refractivity contribution in [1.82, 2.24) is 15.1 Å². The molecule has 6 heteroatoms. The van der Waals surface area contributed by atoms with Crippen molar-refractivity contribution in [3.63, 3.8) is 0 Å². The Labute approximate surface area is 129 Å². The van der Waals surface area contributed by atoms with E-state index in [4.69, 9.17) is 11.6 Å². The molecule has 0 spiro atoms. The molecule has 1 aromatic heterocycles. The Kier molecular flexibility index (Phi) is 5.07. The van der Waals surface area contributed by atoms with Crippen molar-refractivity contribution in [2.24, 2.45) is 0 Å². The van der Waals surface area contributed by atoms with Crippen LogP contribution < -0.4 is 5.32 Å². The van der Waals surface area contributed by atoms with E-state index < -0.39 is 0 Å². The number of halogens is 1. The summed E-state index contributed by atoms with van der Waals surface area (Å²) in [6.45, 7) is 8.23. The van der Waals surface area contributed by atoms with Crippen LogP contribution in [0.1, 0.15) is 18.7 Å². The van der Waals surface area contributed by atoms with Gasteiger partial charge in [-0.15, -0.1) is 11.3 Å². The molecule has 1 aliphatic heterocycles. The van der Waals surface area contributed by atoms with E-state index in [1.54, 1.807) is 4.90 Å². The van der Waals surface area contributed by atoms with Crippen LogP contribution in [0.25, 0.3) is 0 Å². The number of nitrogens with zero attached hydrogens (tertiary/aromatic N) is 2. The van der Waals surface area contributed by atoms with E-state index in [0.29, 0.717) is 13.1 Å². The van der Waals surface area contributed by atoms with E-state index in [0.717, 1.165) is 28.8 Å². The third-order valence-corrected chi connectivity index (χ3v) is 4.96. The Balaban J connectivity index is 1.90. The SMILES string of the molecule is CN(Cc1ccc(Cl)s1)C(=O)CN1CCNCC1(C)C. The molecule has 0 aromatic carbocycles. The third kappa shape index (κ3) is 3.95. The predicted octanol–water partition coefficient (Wildman–Crippen LogP) is 2.04. The van der Waals surface area contributed by atoms with Gasteiger partial charge in [0, 0.05) is 37.1 Å². The fourth-order valence-electron chi connectivity index (χ4n) is 2.36. The summed E-state index contributed by atoms with van der Waals surface area (Å²) in [4.78, 5) is 17.5. The highest BCUT2D eigenvalue weighted by Gasteiger charge is 2.31. The molecule has 0 unspecified atom stereocenters. The summed E-state index contributed by atoms with van der Waals surface area (Å²) in [5.41, 5.74) is 0.0288. The number of hydrogen-bond donors (Lipinski definition) is 1. The number of nitrogens with one attached hydrogen (secondary N) is 1. The summed E-state index contributed by atoms with van der Waals surface area (Å²) in [6.07, 6.45) is 0. The number of rotatable bonds is 4. The molecule has 4 nitrogen and oxygen atoms in total. The van der Waals surface area contributed by atoms with Gasteiger partial charge in [-0.2, -0.15) is 0 Å². The molecule has 1 amide bonds. The van der Waals surface area contributed by atoms with Gasteiger partial charge in [-0.25, -0.2) is 0 Å². The second kappa shape index (κ2) is 6.43. The van der Waals surface area contributed by atoms with Crippen molar-refractivity contribution < 1.29 is 4.79 Å². The summed E-state index contributed by atoms with van der Waals surface area (Å²) in [5, 5.41) is 3.37. The Bertz CT molecular complexity index is 475. The van der Waals surface area contributed by atoms with E-state index in [2.05, 4.69) is 24.1 Å². The summed E-state index contributed by atoms with van der Waals surface area (Å²) in [5.74, 6) is 0.157. The number of carbonyl (C=O) groups excluding carboxylic acids is 1. The minimum Gasteiger partial charge on any atom is -0.340 e. The summed E-state index contributed by atoms with van der Waals surface area (Å²) in [6, 6.07) is 3.85. The summed E-state index contributed by atoms with van der Waals surface area (Å²) < 4.78 is 0.768. The first kappa shape index (κ1) is 15.8. The minimum absolute atomic E-state index is 0.0288. The number of hydrogen-bond acceptors (Lipinski definition) is 4. The van der Waals surface area contributed by atoms with E-state index in [9.17, 15) is 4.79 Å². The van der Waals surface area contributed by atoms with Crippen molar-refractivity contribution in [2.75, 3.05) is 33.2 Å². The zero-order valence-corrected chi connectivity index (χ0v) is 13.9. The topological polar surface area (TPSA) is 35.6 Å². The Morgan fingerprint density at radius 1 is 1.55 bits per heavy atom. The zero-order valence-electron chi connectivity index (χ0n) is 12.3. The standard InChI is InChI=1S/C14H22ClN3OS/c1-14(2)10-16-6-7-18(14)9-13(19)17(3)8-11-4-5-12(15)20-11/h4-5,16H,6-10H2,1-3H3. The molecule has 1 fully saturated rings. The van der Waals surface area contributed by atoms with Crippen LogP contribution in [-0.4, -0.2) is 54.5 Å². The van der Waals surface area contributed by atoms with Gasteiger partial charge in [0.2, 0.25) is 5.91 Å². The number of thiophene rings is 1. The Morgan fingerprint density at radius 2 is 2.30 bits per heavy atom. The van der Waals surface area contributed by atoms with Gasteiger partial charge in [0.1, 0.15) is 0 Å². The normalized spacial score (nSPS) is 19.0. The predicted molar refractivity (Wildman–Crippen MR) is 84.3 cm³/mol. The fourth-order valence-corrected chi connectivity index (χ4v) is 3.50. The van der Waals surface area contributed by atoms with Gasteiger partial charge < -0.3 is 10.2 Å². The monoisotopic (exact) mass is 315 g/mol. The maximum absolute atomic E-state index is 12.3. The lowest BCUT2D eigenvalue weighted by Gasteiger charge is -2.42. The molecule has 0 bridgehead atoms. The third-order valence-electron chi connectivity index (χ3n) is 3.75. The second-order valence-corrected chi connectivity index (χ2v) is 7.67. The first-order valence-corrected chi connectivity index (χ1v) is 8.02. The molecule has 0 aliphatic carbocycles. The van der Waals surface area contributed by atoms with E-state index in [1.807, 2.05) is 19.2 Å². The number of amides is 1. The van der Waals surface area contributed by atoms with Crippen molar-refractivity contribution in [1.29, 1.82) is 0 Å². The van der Waals surface area contributed by atoms with E-state index in [1.165, 1.54) is 11.3 Å². The smallest absolute Gasteiger partial charge is 0.236 e. The Hall–Kier alpha value is -0.620. The lowest BCUT2D eigenvalue weighted by atomic mass is 10.0. The maximum atomic E-state index is 12.3. The molecule has 2 heterocycles. The molecule has 0 radical (unpaired) electrons. The largest absolute Gasteiger partial charge is 0.340 e. The van der Waals surface area contributed by atoms with E-state index in [-0.39, 0.29) is 11.4 Å². The molecule has 1 aromatic rings. The molecule has 1 aliphatic rings. The molecule has 0 saturated carbocycles. The van der Waals surface area contributed by atoms with Gasteiger partial charge >= 0.3 is 0 Å². The fraction of sp³-hybridized carbons (Fsp3) is 0.643. The molecular weight excluding hydrogens is 294 g/mol. The lowest BCUT2D eigenvalue weighted by Crippen LogP contribution is -2.59. The van der Waals surface area contributed by atoms with Gasteiger partial charge in [-0.05, 0) is 26.0 Å². The summed E-state index contributed by atoms with van der Waals surface area (Å²) >= 11 is 7.44. The molecular formula is C14H22ClN3OS. The molecule has 112 valence electrons. The molecule has 1 saturated heterocycles. The number of carbonyl (C=O) groups is 1. The summed E-state index contributed by atoms with van der Waals surface area (Å²) in [7, 11) is 1.85. The van der Waals surface area contributed by atoms with Gasteiger partial charge in [-0.1, -0.05) is 11.6 Å². The van der Waals surface area contributed by atoms with Crippen LogP contribution in [0.15, 0.2) is 12.1 Å². The van der Waals surface area contributed by atoms with Crippen LogP contribution >= 0.6 is 22.9 Å². The number of likely N-dealkylation sites (N-methyl/N-ethyl adjacent to an activating group) is 1. The van der Waals surface area contributed by atoms with Crippen molar-refractivity contribution in [3.05, 3.63) is 21.3 Å². The van der Waals surface area contributed by atoms with Crippen molar-refractivity contribution in [2.45, 2.75) is 25.9 Å². The number of piperazine rings is 1. The zero-order chi connectivity index (χ0) is 14.8. The molecule has 0 atom stereocenters. The first-order chi connectivity index (χ1) is 9.38. The van der Waals surface area contributed by atoms with Crippen molar-refractivity contribution >= 4 is 28.8 Å². The maximum Gasteiger partial charge on any atom is 0.236 e. The Morgan fingerprint density at radius 3 is 2.90 bits per heavy atom. The van der Waals surface area contributed by atoms with Crippen LogP contribution in [0.3, 0.4) is 0 Å². The average Bonchev–Trinajstić information content (AvgIpc) is 2.77. The van der Waals surface area contributed by atoms with Gasteiger partial charge in [-0.3, -0.25) is 9.69 Å². The highest BCUT2D eigenvalue weighted by atomic mass is 35.5. The highest BCUT2D eigenvalue weighted by Crippen LogP contribution is 2.22. The first-order valence-electron chi connectivity index (χ1n) is 6.82. The minimum atomic E-state index is 0.0288. The van der Waals surface area contributed by atoms with Gasteiger partial charge in [0.15, 0.2) is 0 Å². The van der Waals surface area contributed by atoms with Crippen LogP contribution in [0.5, 0.6) is 0 Å². The van der Waals surface area contributed by atoms with Gasteiger partial charge in [0.25, 0.3) is 0 Å². The second-order valence-electron chi connectivity index (χ2n) is 5.87. The van der Waals surface area contributed by atoms with E-state index >= 15 is 0 Å². The lowest BCUT2D eigenvalue weighted by molar-refractivity contribution is -0.133. The highest BCUT2D eigenvalue weighted by molar-refractivity contribution is 7.16. The van der Waals surface area contributed by atoms with Crippen LogP contribution in [0, 0.1) is 0 Å². The molecule has 1 N–H and O–H groups in total.